The van der Waals surface area contributed by atoms with E-state index in [2.05, 4.69) is 21.0 Å². The van der Waals surface area contributed by atoms with Gasteiger partial charge in [0.15, 0.2) is 11.5 Å². The SMILES string of the molecule is CCOc1cc(C=Nn2c(C3CCCCC3)nc3ccccc3c2=O)c(Br)c(Cl)c1OCc1ccc(F)cc1. The molecule has 5 rings (SSSR count). The second-order valence-corrected chi connectivity index (χ2v) is 10.6. The first kappa shape index (κ1) is 27.3. The molecule has 4 aromatic rings. The molecule has 202 valence electrons. The molecular formula is C30H28BrClFN3O3. The van der Waals surface area contributed by atoms with Crippen LogP contribution in [0.25, 0.3) is 10.9 Å². The van der Waals surface area contributed by atoms with Gasteiger partial charge in [0, 0.05) is 16.0 Å². The van der Waals surface area contributed by atoms with Crippen LogP contribution >= 0.6 is 27.5 Å². The number of hydrogen-bond donors (Lipinski definition) is 0. The summed E-state index contributed by atoms with van der Waals surface area (Å²) >= 11 is 10.3. The van der Waals surface area contributed by atoms with Gasteiger partial charge in [0.05, 0.1) is 23.7 Å². The molecule has 1 aliphatic rings. The highest BCUT2D eigenvalue weighted by Gasteiger charge is 2.23. The van der Waals surface area contributed by atoms with Crippen molar-refractivity contribution >= 4 is 44.6 Å². The van der Waals surface area contributed by atoms with Crippen LogP contribution in [0.2, 0.25) is 5.02 Å². The molecule has 9 heteroatoms. The van der Waals surface area contributed by atoms with Crippen molar-refractivity contribution in [3.05, 3.63) is 97.2 Å². The van der Waals surface area contributed by atoms with Gasteiger partial charge in [-0.15, -0.1) is 0 Å². The lowest BCUT2D eigenvalue weighted by atomic mass is 9.88. The highest BCUT2D eigenvalue weighted by atomic mass is 79.9. The molecule has 0 atom stereocenters. The average Bonchev–Trinajstić information content (AvgIpc) is 2.96. The Morgan fingerprint density at radius 3 is 2.62 bits per heavy atom. The zero-order chi connectivity index (χ0) is 27.4. The molecule has 3 aromatic carbocycles. The van der Waals surface area contributed by atoms with E-state index in [1.165, 1.54) is 23.2 Å². The van der Waals surface area contributed by atoms with Crippen LogP contribution in [0.5, 0.6) is 11.5 Å². The minimum absolute atomic E-state index is 0.168. The second-order valence-electron chi connectivity index (χ2n) is 9.45. The molecular weight excluding hydrogens is 585 g/mol. The van der Waals surface area contributed by atoms with Crippen LogP contribution in [-0.4, -0.2) is 22.5 Å². The summed E-state index contributed by atoms with van der Waals surface area (Å²) in [6.45, 7) is 2.44. The van der Waals surface area contributed by atoms with Gasteiger partial charge in [0.1, 0.15) is 23.3 Å². The number of benzene rings is 3. The van der Waals surface area contributed by atoms with E-state index in [0.29, 0.717) is 49.9 Å². The third-order valence-corrected chi connectivity index (χ3v) is 8.26. The zero-order valence-corrected chi connectivity index (χ0v) is 23.8. The maximum Gasteiger partial charge on any atom is 0.282 e. The zero-order valence-electron chi connectivity index (χ0n) is 21.5. The summed E-state index contributed by atoms with van der Waals surface area (Å²) < 4.78 is 27.1. The van der Waals surface area contributed by atoms with Crippen molar-refractivity contribution in [2.24, 2.45) is 5.10 Å². The van der Waals surface area contributed by atoms with Crippen LogP contribution in [0.3, 0.4) is 0 Å². The standard InChI is InChI=1S/C30H28BrClFN3O3/c1-2-38-25-16-21(26(31)27(32)28(25)39-18-19-12-14-22(33)15-13-19)17-34-36-29(20-8-4-3-5-9-20)35-24-11-7-6-10-23(24)30(36)37/h6-7,10-17,20H,2-5,8-9,18H2,1H3. The number of para-hydroxylation sites is 1. The van der Waals surface area contributed by atoms with Gasteiger partial charge >= 0.3 is 0 Å². The van der Waals surface area contributed by atoms with Gasteiger partial charge in [0.2, 0.25) is 0 Å². The summed E-state index contributed by atoms with van der Waals surface area (Å²) in [4.78, 5) is 18.4. The van der Waals surface area contributed by atoms with Gasteiger partial charge in [-0.3, -0.25) is 4.79 Å². The highest BCUT2D eigenvalue weighted by Crippen LogP contribution is 2.42. The highest BCUT2D eigenvalue weighted by molar-refractivity contribution is 9.10. The van der Waals surface area contributed by atoms with Gasteiger partial charge in [0.25, 0.3) is 5.56 Å². The Labute approximate surface area is 239 Å². The Morgan fingerprint density at radius 1 is 1.13 bits per heavy atom. The smallest absolute Gasteiger partial charge is 0.282 e. The first-order valence-electron chi connectivity index (χ1n) is 13.0. The Hall–Kier alpha value is -3.23. The van der Waals surface area contributed by atoms with Gasteiger partial charge in [-0.1, -0.05) is 55.1 Å². The van der Waals surface area contributed by atoms with Crippen molar-refractivity contribution in [1.29, 1.82) is 0 Å². The van der Waals surface area contributed by atoms with E-state index in [1.54, 1.807) is 30.5 Å². The Morgan fingerprint density at radius 2 is 1.87 bits per heavy atom. The van der Waals surface area contributed by atoms with Gasteiger partial charge in [-0.25, -0.2) is 9.37 Å². The first-order chi connectivity index (χ1) is 19.0. The van der Waals surface area contributed by atoms with Crippen LogP contribution in [0.4, 0.5) is 4.39 Å². The number of aromatic nitrogens is 2. The molecule has 0 unspecified atom stereocenters. The van der Waals surface area contributed by atoms with Gasteiger partial charge in [-0.2, -0.15) is 9.78 Å². The van der Waals surface area contributed by atoms with Crippen molar-refractivity contribution in [3.63, 3.8) is 0 Å². The lowest BCUT2D eigenvalue weighted by Crippen LogP contribution is -2.25. The summed E-state index contributed by atoms with van der Waals surface area (Å²) in [5.74, 6) is 1.33. The quantitative estimate of drug-likeness (QED) is 0.190. The number of rotatable bonds is 8. The maximum absolute atomic E-state index is 13.5. The fourth-order valence-corrected chi connectivity index (χ4v) is 5.48. The third kappa shape index (κ3) is 6.02. The molecule has 1 fully saturated rings. The summed E-state index contributed by atoms with van der Waals surface area (Å²) in [6, 6.07) is 15.2. The number of fused-ring (bicyclic) bond motifs is 1. The van der Waals surface area contributed by atoms with E-state index in [1.807, 2.05) is 25.1 Å². The van der Waals surface area contributed by atoms with Crippen molar-refractivity contribution in [3.8, 4) is 11.5 Å². The van der Waals surface area contributed by atoms with Crippen LogP contribution < -0.4 is 15.0 Å². The molecule has 1 aliphatic carbocycles. The molecule has 0 amide bonds. The summed E-state index contributed by atoms with van der Waals surface area (Å²) in [6.07, 6.45) is 6.95. The van der Waals surface area contributed by atoms with Crippen molar-refractivity contribution < 1.29 is 13.9 Å². The largest absolute Gasteiger partial charge is 0.490 e. The van der Waals surface area contributed by atoms with Crippen molar-refractivity contribution in [2.45, 2.75) is 51.6 Å². The average molecular weight is 613 g/mol. The lowest BCUT2D eigenvalue weighted by molar-refractivity contribution is 0.269. The summed E-state index contributed by atoms with van der Waals surface area (Å²) in [5.41, 5.74) is 1.88. The molecule has 0 bridgehead atoms. The van der Waals surface area contributed by atoms with Crippen LogP contribution in [0, 0.1) is 5.82 Å². The molecule has 39 heavy (non-hydrogen) atoms. The van der Waals surface area contributed by atoms with E-state index in [0.717, 1.165) is 31.2 Å². The Balaban J connectivity index is 1.53. The van der Waals surface area contributed by atoms with Gasteiger partial charge in [-0.05, 0) is 71.6 Å². The topological polar surface area (TPSA) is 65.7 Å². The first-order valence-corrected chi connectivity index (χ1v) is 14.2. The number of ether oxygens (including phenoxy) is 2. The van der Waals surface area contributed by atoms with Crippen LogP contribution in [0.1, 0.15) is 61.9 Å². The molecule has 0 aliphatic heterocycles. The fraction of sp³-hybridized carbons (Fsp3) is 0.300. The minimum atomic E-state index is -0.314. The second kappa shape index (κ2) is 12.3. The molecule has 0 N–H and O–H groups in total. The molecule has 0 spiro atoms. The third-order valence-electron chi connectivity index (χ3n) is 6.81. The van der Waals surface area contributed by atoms with Gasteiger partial charge < -0.3 is 9.47 Å². The molecule has 0 radical (unpaired) electrons. The summed E-state index contributed by atoms with van der Waals surface area (Å²) in [7, 11) is 0. The van der Waals surface area contributed by atoms with E-state index in [9.17, 15) is 9.18 Å². The Kier molecular flexibility index (Phi) is 8.63. The van der Waals surface area contributed by atoms with E-state index in [-0.39, 0.29) is 23.9 Å². The molecule has 1 aromatic heterocycles. The monoisotopic (exact) mass is 611 g/mol. The lowest BCUT2D eigenvalue weighted by Gasteiger charge is -2.22. The number of halogens is 3. The minimum Gasteiger partial charge on any atom is -0.490 e. The number of nitrogens with zero attached hydrogens (tertiary/aromatic N) is 3. The van der Waals surface area contributed by atoms with E-state index >= 15 is 0 Å². The fourth-order valence-electron chi connectivity index (χ4n) is 4.83. The van der Waals surface area contributed by atoms with Crippen molar-refractivity contribution in [1.82, 2.24) is 9.66 Å². The Bertz CT molecular complexity index is 1570. The molecule has 1 heterocycles. The predicted molar refractivity (Wildman–Crippen MR) is 156 cm³/mol. The van der Waals surface area contributed by atoms with Crippen molar-refractivity contribution in [2.75, 3.05) is 6.61 Å². The predicted octanol–water partition coefficient (Wildman–Crippen LogP) is 7.86. The maximum atomic E-state index is 13.5. The molecule has 1 saturated carbocycles. The van der Waals surface area contributed by atoms with Crippen LogP contribution in [0.15, 0.2) is 69.0 Å². The normalized spacial score (nSPS) is 14.3. The molecule has 6 nitrogen and oxygen atoms in total. The molecule has 0 saturated heterocycles. The summed E-state index contributed by atoms with van der Waals surface area (Å²) in [5, 5.41) is 5.46. The van der Waals surface area contributed by atoms with E-state index < -0.39 is 0 Å². The van der Waals surface area contributed by atoms with E-state index in [4.69, 9.17) is 26.1 Å². The van der Waals surface area contributed by atoms with Crippen LogP contribution in [-0.2, 0) is 6.61 Å². The number of hydrogen-bond acceptors (Lipinski definition) is 5.